The van der Waals surface area contributed by atoms with E-state index >= 15 is 0 Å². The van der Waals surface area contributed by atoms with Crippen LogP contribution in [0.4, 0.5) is 0 Å². The summed E-state index contributed by atoms with van der Waals surface area (Å²) in [6.07, 6.45) is 1.65. The molecule has 0 bridgehead atoms. The van der Waals surface area contributed by atoms with Crippen LogP contribution in [0.2, 0.25) is 0 Å². The van der Waals surface area contributed by atoms with Crippen molar-refractivity contribution in [1.29, 1.82) is 0 Å². The van der Waals surface area contributed by atoms with Gasteiger partial charge in [-0.1, -0.05) is 35.5 Å². The van der Waals surface area contributed by atoms with Crippen molar-refractivity contribution in [1.82, 2.24) is 4.57 Å². The lowest BCUT2D eigenvalue weighted by Gasteiger charge is -1.96. The second kappa shape index (κ2) is 4.65. The second-order valence-electron chi connectivity index (χ2n) is 3.68. The van der Waals surface area contributed by atoms with Crippen LogP contribution in [0, 0.1) is 0 Å². The van der Waals surface area contributed by atoms with Crippen LogP contribution in [0.1, 0.15) is 0 Å². The summed E-state index contributed by atoms with van der Waals surface area (Å²) in [6, 6.07) is 13.0. The number of rotatable bonds is 1. The van der Waals surface area contributed by atoms with Gasteiger partial charge >= 0.3 is 0 Å². The van der Waals surface area contributed by atoms with Gasteiger partial charge in [-0.15, -0.1) is 0 Å². The van der Waals surface area contributed by atoms with Gasteiger partial charge in [0, 0.05) is 13.2 Å². The third kappa shape index (κ3) is 2.25. The fourth-order valence-corrected chi connectivity index (χ4v) is 1.58. The Morgan fingerprint density at radius 2 is 1.82 bits per heavy atom. The van der Waals surface area contributed by atoms with Gasteiger partial charge < -0.3 is 9.77 Å². The quantitative estimate of drug-likeness (QED) is 0.591. The molecule has 86 valence electrons. The molecule has 0 aliphatic rings. The predicted molar refractivity (Wildman–Crippen MR) is 64.5 cm³/mol. The molecule has 1 N–H and O–H groups in total. The zero-order chi connectivity index (χ0) is 12.3. The van der Waals surface area contributed by atoms with Gasteiger partial charge in [-0.2, -0.15) is 0 Å². The third-order valence-electron chi connectivity index (χ3n) is 2.52. The highest BCUT2D eigenvalue weighted by molar-refractivity contribution is 5.62. The molecule has 1 aromatic heterocycles. The van der Waals surface area contributed by atoms with E-state index in [1.807, 2.05) is 36.4 Å². The first-order valence-corrected chi connectivity index (χ1v) is 5.17. The molecular weight excluding hydrogens is 216 g/mol. The molecule has 0 radical (unpaired) electrons. The number of hydrogen-bond donors (Lipinski definition) is 1. The van der Waals surface area contributed by atoms with Gasteiger partial charge in [0.05, 0.1) is 0 Å². The highest BCUT2D eigenvalue weighted by Gasteiger charge is 1.99. The summed E-state index contributed by atoms with van der Waals surface area (Å²) in [5, 5.41) is 11.9. The normalized spacial score (nSPS) is 11.5. The molecule has 0 unspecified atom stereocenters. The molecule has 0 fully saturated rings. The molecule has 4 nitrogen and oxygen atoms in total. The Morgan fingerprint density at radius 1 is 1.12 bits per heavy atom. The van der Waals surface area contributed by atoms with E-state index in [-0.39, 0.29) is 10.9 Å². The van der Waals surface area contributed by atoms with Gasteiger partial charge in [0.25, 0.3) is 5.56 Å². The lowest BCUT2D eigenvalue weighted by molar-refractivity contribution is 0.300. The van der Waals surface area contributed by atoms with Crippen LogP contribution in [0.25, 0.3) is 11.1 Å². The first kappa shape index (κ1) is 11.1. The fraction of sp³-hybridized carbons (Fsp3) is 0.0769. The monoisotopic (exact) mass is 228 g/mol. The predicted octanol–water partition coefficient (Wildman–Crippen LogP) is 1.34. The summed E-state index contributed by atoms with van der Waals surface area (Å²) in [4.78, 5) is 11.7. The van der Waals surface area contributed by atoms with Crippen molar-refractivity contribution in [3.63, 3.8) is 0 Å². The van der Waals surface area contributed by atoms with Crippen LogP contribution in [0.15, 0.2) is 58.6 Å². The van der Waals surface area contributed by atoms with E-state index in [4.69, 9.17) is 5.21 Å². The van der Waals surface area contributed by atoms with Crippen LogP contribution < -0.4 is 10.9 Å². The van der Waals surface area contributed by atoms with Gasteiger partial charge in [0.1, 0.15) is 0 Å². The summed E-state index contributed by atoms with van der Waals surface area (Å²) < 4.78 is 1.38. The maximum Gasteiger partial charge on any atom is 0.279 e. The lowest BCUT2D eigenvalue weighted by Crippen LogP contribution is -2.29. The molecule has 2 aromatic rings. The van der Waals surface area contributed by atoms with Crippen molar-refractivity contribution in [3.05, 3.63) is 64.4 Å². The Bertz CT molecular complexity index is 646. The molecule has 0 amide bonds. The Morgan fingerprint density at radius 3 is 2.47 bits per heavy atom. The fourth-order valence-electron chi connectivity index (χ4n) is 1.58. The molecule has 1 heterocycles. The molecule has 17 heavy (non-hydrogen) atoms. The molecular formula is C13H12N2O2. The second-order valence-corrected chi connectivity index (χ2v) is 3.68. The van der Waals surface area contributed by atoms with Crippen LogP contribution in [-0.4, -0.2) is 9.77 Å². The molecule has 4 heteroatoms. The van der Waals surface area contributed by atoms with Gasteiger partial charge in [-0.3, -0.25) is 4.79 Å². The number of aryl methyl sites for hydroxylation is 1. The average Bonchev–Trinajstić information content (AvgIpc) is 2.52. The largest absolute Gasteiger partial charge is 0.410 e. The maximum absolute atomic E-state index is 11.7. The van der Waals surface area contributed by atoms with Gasteiger partial charge in [-0.05, 0) is 23.3 Å². The topological polar surface area (TPSA) is 54.6 Å². The van der Waals surface area contributed by atoms with Crippen LogP contribution in [0.5, 0.6) is 0 Å². The average molecular weight is 228 g/mol. The SMILES string of the molecule is Cn1ccc(-c2ccccc2)c/c(=N/O)c1=O. The van der Waals surface area contributed by atoms with Gasteiger partial charge in [0.15, 0.2) is 5.36 Å². The summed E-state index contributed by atoms with van der Waals surface area (Å²) in [7, 11) is 1.62. The zero-order valence-corrected chi connectivity index (χ0v) is 9.37. The Hall–Kier alpha value is -2.36. The van der Waals surface area contributed by atoms with E-state index in [0.29, 0.717) is 0 Å². The van der Waals surface area contributed by atoms with E-state index in [0.717, 1.165) is 11.1 Å². The molecule has 0 aliphatic carbocycles. The minimum atomic E-state index is -0.338. The maximum atomic E-state index is 11.7. The van der Waals surface area contributed by atoms with E-state index < -0.39 is 0 Å². The molecule has 0 saturated heterocycles. The molecule has 0 atom stereocenters. The van der Waals surface area contributed by atoms with Crippen molar-refractivity contribution in [2.24, 2.45) is 12.2 Å². The van der Waals surface area contributed by atoms with Crippen molar-refractivity contribution in [2.45, 2.75) is 0 Å². The van der Waals surface area contributed by atoms with E-state index in [9.17, 15) is 4.79 Å². The Labute approximate surface area is 98.1 Å². The van der Waals surface area contributed by atoms with E-state index in [1.54, 1.807) is 19.3 Å². The number of nitrogens with zero attached hydrogens (tertiary/aromatic N) is 2. The third-order valence-corrected chi connectivity index (χ3v) is 2.52. The highest BCUT2D eigenvalue weighted by atomic mass is 16.4. The number of hydrogen-bond acceptors (Lipinski definition) is 3. The summed E-state index contributed by atoms with van der Waals surface area (Å²) >= 11 is 0. The summed E-state index contributed by atoms with van der Waals surface area (Å²) in [5.74, 6) is 0. The first-order chi connectivity index (χ1) is 8.22. The van der Waals surface area contributed by atoms with Crippen LogP contribution in [-0.2, 0) is 7.05 Å². The summed E-state index contributed by atoms with van der Waals surface area (Å²) in [6.45, 7) is 0. The minimum Gasteiger partial charge on any atom is -0.410 e. The first-order valence-electron chi connectivity index (χ1n) is 5.17. The van der Waals surface area contributed by atoms with Crippen molar-refractivity contribution in [3.8, 4) is 11.1 Å². The smallest absolute Gasteiger partial charge is 0.279 e. The van der Waals surface area contributed by atoms with Crippen LogP contribution >= 0.6 is 0 Å². The minimum absolute atomic E-state index is 0.0244. The van der Waals surface area contributed by atoms with E-state index in [1.165, 1.54) is 4.57 Å². The number of aromatic nitrogens is 1. The molecule has 0 spiro atoms. The van der Waals surface area contributed by atoms with Crippen molar-refractivity contribution in [2.75, 3.05) is 0 Å². The zero-order valence-electron chi connectivity index (χ0n) is 9.37. The molecule has 0 aliphatic heterocycles. The lowest BCUT2D eigenvalue weighted by atomic mass is 10.1. The van der Waals surface area contributed by atoms with Crippen molar-refractivity contribution < 1.29 is 5.21 Å². The van der Waals surface area contributed by atoms with Crippen LogP contribution in [0.3, 0.4) is 0 Å². The van der Waals surface area contributed by atoms with E-state index in [2.05, 4.69) is 5.16 Å². The highest BCUT2D eigenvalue weighted by Crippen LogP contribution is 2.15. The molecule has 1 aromatic carbocycles. The Balaban J connectivity index is 2.76. The summed E-state index contributed by atoms with van der Waals surface area (Å²) in [5.41, 5.74) is 1.46. The number of benzene rings is 1. The molecule has 0 saturated carbocycles. The molecule has 2 rings (SSSR count). The Kier molecular flexibility index (Phi) is 3.05. The van der Waals surface area contributed by atoms with Gasteiger partial charge in [0.2, 0.25) is 0 Å². The van der Waals surface area contributed by atoms with Crippen molar-refractivity contribution >= 4 is 0 Å². The standard InChI is InChI=1S/C13H12N2O2/c1-15-8-7-11(9-12(14-17)13(15)16)10-5-3-2-4-6-10/h2-9,17H,1H3/b14-12-. The van der Waals surface area contributed by atoms with Gasteiger partial charge in [-0.25, -0.2) is 0 Å².